The zero-order chi connectivity index (χ0) is 12.4. The summed E-state index contributed by atoms with van der Waals surface area (Å²) < 4.78 is 13.2. The molecule has 4 heteroatoms. The first kappa shape index (κ1) is 13.2. The highest BCUT2D eigenvalue weighted by molar-refractivity contribution is 9.10. The Bertz CT molecular complexity index is 406. The van der Waals surface area contributed by atoms with Gasteiger partial charge in [-0.05, 0) is 37.1 Å². The molecule has 1 fully saturated rings. The van der Waals surface area contributed by atoms with Gasteiger partial charge in [0, 0.05) is 27.1 Å². The lowest BCUT2D eigenvalue weighted by Crippen LogP contribution is -2.31. The summed E-state index contributed by atoms with van der Waals surface area (Å²) in [5.74, 6) is 1.29. The minimum atomic E-state index is -0.743. The molecule has 94 valence electrons. The molecule has 1 aromatic rings. The van der Waals surface area contributed by atoms with Crippen LogP contribution in [0.25, 0.3) is 0 Å². The third-order valence-electron chi connectivity index (χ3n) is 3.25. The first-order chi connectivity index (χ1) is 8.08. The minimum Gasteiger partial charge on any atom is -0.309 e. The van der Waals surface area contributed by atoms with Crippen LogP contribution in [0.4, 0.5) is 0 Å². The molecule has 0 amide bonds. The molecule has 2 nitrogen and oxygen atoms in total. The highest BCUT2D eigenvalue weighted by Crippen LogP contribution is 2.25. The Morgan fingerprint density at radius 3 is 2.59 bits per heavy atom. The van der Waals surface area contributed by atoms with Crippen molar-refractivity contribution >= 4 is 26.7 Å². The SMILES string of the molecule is CC1CNC(c2ccc(Br)cc2)C(C)S(=O)C1. The fraction of sp³-hybridized carbons (Fsp3) is 0.538. The molecule has 1 aromatic carbocycles. The summed E-state index contributed by atoms with van der Waals surface area (Å²) in [6, 6.07) is 8.49. The van der Waals surface area contributed by atoms with E-state index in [9.17, 15) is 4.21 Å². The molecular weight excluding hydrogens is 298 g/mol. The van der Waals surface area contributed by atoms with Crippen molar-refractivity contribution in [1.29, 1.82) is 0 Å². The Kier molecular flexibility index (Phi) is 4.39. The van der Waals surface area contributed by atoms with Gasteiger partial charge in [-0.15, -0.1) is 0 Å². The maximum atomic E-state index is 12.1. The number of hydrogen-bond acceptors (Lipinski definition) is 2. The average Bonchev–Trinajstić information content (AvgIpc) is 2.42. The summed E-state index contributed by atoms with van der Waals surface area (Å²) >= 11 is 3.44. The van der Waals surface area contributed by atoms with Crippen LogP contribution in [-0.2, 0) is 10.8 Å². The van der Waals surface area contributed by atoms with Gasteiger partial charge in [0.15, 0.2) is 0 Å². The largest absolute Gasteiger partial charge is 0.309 e. The van der Waals surface area contributed by atoms with Crippen molar-refractivity contribution in [2.45, 2.75) is 25.1 Å². The fourth-order valence-electron chi connectivity index (χ4n) is 2.20. The molecule has 1 aliphatic rings. The summed E-state index contributed by atoms with van der Waals surface area (Å²) in [4.78, 5) is 0. The summed E-state index contributed by atoms with van der Waals surface area (Å²) in [5.41, 5.74) is 1.23. The van der Waals surface area contributed by atoms with Gasteiger partial charge >= 0.3 is 0 Å². The predicted molar refractivity (Wildman–Crippen MR) is 76.5 cm³/mol. The van der Waals surface area contributed by atoms with Crippen molar-refractivity contribution in [2.75, 3.05) is 12.3 Å². The highest BCUT2D eigenvalue weighted by atomic mass is 79.9. The van der Waals surface area contributed by atoms with Crippen LogP contribution in [0.15, 0.2) is 28.7 Å². The molecule has 1 N–H and O–H groups in total. The first-order valence-electron chi connectivity index (χ1n) is 5.94. The molecule has 0 saturated carbocycles. The van der Waals surface area contributed by atoms with Crippen LogP contribution in [-0.4, -0.2) is 21.8 Å². The van der Waals surface area contributed by atoms with Crippen molar-refractivity contribution in [3.8, 4) is 0 Å². The van der Waals surface area contributed by atoms with E-state index in [4.69, 9.17) is 0 Å². The van der Waals surface area contributed by atoms with E-state index in [0.29, 0.717) is 5.92 Å². The quantitative estimate of drug-likeness (QED) is 0.863. The van der Waals surface area contributed by atoms with Crippen molar-refractivity contribution < 1.29 is 4.21 Å². The monoisotopic (exact) mass is 315 g/mol. The van der Waals surface area contributed by atoms with Gasteiger partial charge in [0.05, 0.1) is 5.25 Å². The lowest BCUT2D eigenvalue weighted by atomic mass is 10.0. The second-order valence-corrected chi connectivity index (χ2v) is 7.55. The van der Waals surface area contributed by atoms with Gasteiger partial charge in [-0.25, -0.2) is 0 Å². The topological polar surface area (TPSA) is 29.1 Å². The van der Waals surface area contributed by atoms with E-state index in [1.54, 1.807) is 0 Å². The fourth-order valence-corrected chi connectivity index (χ4v) is 4.00. The highest BCUT2D eigenvalue weighted by Gasteiger charge is 2.28. The molecule has 2 rings (SSSR count). The zero-order valence-corrected chi connectivity index (χ0v) is 12.6. The maximum absolute atomic E-state index is 12.1. The number of halogens is 1. The zero-order valence-electron chi connectivity index (χ0n) is 10.2. The van der Waals surface area contributed by atoms with Crippen molar-refractivity contribution in [3.05, 3.63) is 34.3 Å². The molecule has 17 heavy (non-hydrogen) atoms. The van der Waals surface area contributed by atoms with Gasteiger partial charge in [0.25, 0.3) is 0 Å². The summed E-state index contributed by atoms with van der Waals surface area (Å²) in [6.07, 6.45) is 0. The van der Waals surface area contributed by atoms with Crippen LogP contribution < -0.4 is 5.32 Å². The Balaban J connectivity index is 2.24. The third-order valence-corrected chi connectivity index (χ3v) is 5.78. The molecule has 4 unspecified atom stereocenters. The average molecular weight is 316 g/mol. The number of nitrogens with one attached hydrogen (secondary N) is 1. The van der Waals surface area contributed by atoms with Crippen LogP contribution in [0.5, 0.6) is 0 Å². The van der Waals surface area contributed by atoms with E-state index < -0.39 is 10.8 Å². The lowest BCUT2D eigenvalue weighted by Gasteiger charge is -2.22. The first-order valence-corrected chi connectivity index (χ1v) is 8.11. The minimum absolute atomic E-state index is 0.168. The van der Waals surface area contributed by atoms with E-state index in [1.165, 1.54) is 5.56 Å². The van der Waals surface area contributed by atoms with Gasteiger partial charge < -0.3 is 5.32 Å². The number of benzene rings is 1. The van der Waals surface area contributed by atoms with E-state index in [1.807, 2.05) is 12.1 Å². The number of hydrogen-bond donors (Lipinski definition) is 1. The Morgan fingerprint density at radius 1 is 1.29 bits per heavy atom. The van der Waals surface area contributed by atoms with Gasteiger partial charge in [0.1, 0.15) is 0 Å². The van der Waals surface area contributed by atoms with E-state index in [-0.39, 0.29) is 11.3 Å². The molecule has 1 heterocycles. The van der Waals surface area contributed by atoms with Crippen molar-refractivity contribution in [2.24, 2.45) is 5.92 Å². The van der Waals surface area contributed by atoms with Crippen molar-refractivity contribution in [3.63, 3.8) is 0 Å². The van der Waals surface area contributed by atoms with Crippen LogP contribution in [0.3, 0.4) is 0 Å². The Morgan fingerprint density at radius 2 is 1.94 bits per heavy atom. The van der Waals surface area contributed by atoms with E-state index in [2.05, 4.69) is 47.2 Å². The maximum Gasteiger partial charge on any atom is 0.0514 e. The molecule has 0 aliphatic carbocycles. The lowest BCUT2D eigenvalue weighted by molar-refractivity contribution is 0.489. The molecule has 0 aromatic heterocycles. The normalized spacial score (nSPS) is 34.3. The third kappa shape index (κ3) is 3.18. The second kappa shape index (κ2) is 5.63. The summed E-state index contributed by atoms with van der Waals surface area (Å²) in [6.45, 7) is 5.17. The van der Waals surface area contributed by atoms with Crippen LogP contribution in [0.2, 0.25) is 0 Å². The van der Waals surface area contributed by atoms with Gasteiger partial charge in [0.2, 0.25) is 0 Å². The predicted octanol–water partition coefficient (Wildman–Crippen LogP) is 2.87. The molecular formula is C13H18BrNOS. The van der Waals surface area contributed by atoms with Crippen LogP contribution >= 0.6 is 15.9 Å². The molecule has 1 aliphatic heterocycles. The Hall–Kier alpha value is -0.190. The Labute approximate surface area is 114 Å². The van der Waals surface area contributed by atoms with Crippen LogP contribution in [0.1, 0.15) is 25.5 Å². The van der Waals surface area contributed by atoms with Gasteiger partial charge in [-0.2, -0.15) is 0 Å². The standard InChI is InChI=1S/C13H18BrNOS/c1-9-7-15-13(10(2)17(16)8-9)11-3-5-12(14)6-4-11/h3-6,9-10,13,15H,7-8H2,1-2H3. The molecule has 4 atom stereocenters. The van der Waals surface area contributed by atoms with Crippen LogP contribution in [0, 0.1) is 5.92 Å². The van der Waals surface area contributed by atoms with Gasteiger partial charge in [-0.3, -0.25) is 4.21 Å². The summed E-state index contributed by atoms with van der Waals surface area (Å²) in [5, 5.41) is 3.71. The van der Waals surface area contributed by atoms with Gasteiger partial charge in [-0.1, -0.05) is 35.0 Å². The smallest absolute Gasteiger partial charge is 0.0514 e. The second-order valence-electron chi connectivity index (χ2n) is 4.80. The molecule has 1 saturated heterocycles. The summed E-state index contributed by atoms with van der Waals surface area (Å²) in [7, 11) is -0.743. The van der Waals surface area contributed by atoms with E-state index >= 15 is 0 Å². The molecule has 0 spiro atoms. The van der Waals surface area contributed by atoms with E-state index in [0.717, 1.165) is 16.8 Å². The number of rotatable bonds is 1. The molecule has 0 radical (unpaired) electrons. The van der Waals surface area contributed by atoms with Crippen molar-refractivity contribution in [1.82, 2.24) is 5.32 Å². The molecule has 0 bridgehead atoms.